The Hall–Kier alpha value is -2.43. The van der Waals surface area contributed by atoms with Gasteiger partial charge in [0.2, 0.25) is 5.75 Å². The molecule has 0 bridgehead atoms. The summed E-state index contributed by atoms with van der Waals surface area (Å²) in [6, 6.07) is 9.86. The largest absolute Gasteiger partial charge is 0.493 e. The molecule has 0 saturated carbocycles. The summed E-state index contributed by atoms with van der Waals surface area (Å²) < 4.78 is 16.4. The Balaban J connectivity index is 0.00000320. The lowest BCUT2D eigenvalue weighted by molar-refractivity contribution is 0.321. The van der Waals surface area contributed by atoms with Gasteiger partial charge in [-0.25, -0.2) is 4.98 Å². The first-order chi connectivity index (χ1) is 14.2. The number of aromatic nitrogens is 1. The molecule has 1 fully saturated rings. The van der Waals surface area contributed by atoms with E-state index in [1.165, 1.54) is 0 Å². The van der Waals surface area contributed by atoms with Crippen molar-refractivity contribution in [2.24, 2.45) is 4.99 Å². The number of nitrogens with one attached hydrogen (secondary N) is 1. The summed E-state index contributed by atoms with van der Waals surface area (Å²) in [4.78, 5) is 13.4. The fourth-order valence-corrected chi connectivity index (χ4v) is 3.50. The van der Waals surface area contributed by atoms with Crippen molar-refractivity contribution in [3.8, 4) is 17.2 Å². The number of piperazine rings is 1. The normalized spacial score (nSPS) is 14.1. The van der Waals surface area contributed by atoms with Crippen LogP contribution < -0.4 is 24.4 Å². The zero-order valence-corrected chi connectivity index (χ0v) is 20.3. The number of anilines is 1. The first-order valence-electron chi connectivity index (χ1n) is 9.61. The second-order valence-corrected chi connectivity index (χ2v) is 6.56. The van der Waals surface area contributed by atoms with Crippen molar-refractivity contribution < 1.29 is 14.2 Å². The molecule has 2 aromatic rings. The van der Waals surface area contributed by atoms with Crippen molar-refractivity contribution in [2.45, 2.75) is 6.54 Å². The maximum atomic E-state index is 5.57. The highest BCUT2D eigenvalue weighted by Gasteiger charge is 2.21. The Bertz CT molecular complexity index is 827. The Morgan fingerprint density at radius 1 is 1.00 bits per heavy atom. The van der Waals surface area contributed by atoms with Gasteiger partial charge < -0.3 is 29.3 Å². The van der Waals surface area contributed by atoms with E-state index in [0.29, 0.717) is 23.8 Å². The molecule has 0 aliphatic carbocycles. The number of rotatable bonds is 6. The Labute approximate surface area is 195 Å². The predicted molar refractivity (Wildman–Crippen MR) is 130 cm³/mol. The first-order valence-corrected chi connectivity index (χ1v) is 9.61. The molecule has 0 unspecified atom stereocenters. The number of aliphatic imine (C=N–C) groups is 1. The lowest BCUT2D eigenvalue weighted by Gasteiger charge is -2.37. The molecule has 1 N–H and O–H groups in total. The van der Waals surface area contributed by atoms with Crippen LogP contribution in [0.3, 0.4) is 0 Å². The number of ether oxygens (including phenoxy) is 3. The smallest absolute Gasteiger partial charge is 0.203 e. The summed E-state index contributed by atoms with van der Waals surface area (Å²) in [6.45, 7) is 4.12. The third-order valence-corrected chi connectivity index (χ3v) is 4.99. The molecule has 0 spiro atoms. The van der Waals surface area contributed by atoms with Crippen LogP contribution in [0, 0.1) is 0 Å². The molecule has 1 aromatic carbocycles. The van der Waals surface area contributed by atoms with E-state index >= 15 is 0 Å². The minimum Gasteiger partial charge on any atom is -0.493 e. The number of hydrogen-bond acceptors (Lipinski definition) is 6. The highest BCUT2D eigenvalue weighted by atomic mass is 127. The Morgan fingerprint density at radius 2 is 1.73 bits per heavy atom. The zero-order valence-electron chi connectivity index (χ0n) is 17.9. The number of nitrogens with zero attached hydrogens (tertiary/aromatic N) is 4. The van der Waals surface area contributed by atoms with Gasteiger partial charge in [-0.3, -0.25) is 4.99 Å². The van der Waals surface area contributed by atoms with Gasteiger partial charge in [-0.05, 0) is 24.3 Å². The van der Waals surface area contributed by atoms with Gasteiger partial charge in [-0.15, -0.1) is 24.0 Å². The number of pyridine rings is 1. The number of hydrogen-bond donors (Lipinski definition) is 1. The van der Waals surface area contributed by atoms with Crippen molar-refractivity contribution in [1.82, 2.24) is 15.2 Å². The minimum atomic E-state index is 0. The molecule has 0 atom stereocenters. The molecular formula is C21H30IN5O3. The van der Waals surface area contributed by atoms with Gasteiger partial charge >= 0.3 is 0 Å². The van der Waals surface area contributed by atoms with Gasteiger partial charge in [0.15, 0.2) is 17.5 Å². The van der Waals surface area contributed by atoms with Gasteiger partial charge in [0.05, 0.1) is 21.3 Å². The molecule has 1 saturated heterocycles. The van der Waals surface area contributed by atoms with E-state index in [1.54, 1.807) is 28.4 Å². The fourth-order valence-electron chi connectivity index (χ4n) is 3.50. The molecule has 1 aromatic heterocycles. The van der Waals surface area contributed by atoms with E-state index in [9.17, 15) is 0 Å². The SMILES string of the molecule is CN=C(NCc1ccc(OC)c(OC)c1OC)N1CCN(c2ccccn2)CC1.I. The standard InChI is InChI=1S/C21H29N5O3.HI/c1-22-21(26-13-11-25(12-14-26)18-7-5-6-10-23-18)24-15-16-8-9-17(27-2)20(29-4)19(16)28-3;/h5-10H,11-15H2,1-4H3,(H,22,24);1H. The minimum absolute atomic E-state index is 0. The van der Waals surface area contributed by atoms with Crippen LogP contribution in [0.2, 0.25) is 0 Å². The quantitative estimate of drug-likeness (QED) is 0.352. The summed E-state index contributed by atoms with van der Waals surface area (Å²) >= 11 is 0. The number of benzene rings is 1. The molecule has 164 valence electrons. The van der Waals surface area contributed by atoms with E-state index < -0.39 is 0 Å². The molecule has 1 aliphatic rings. The van der Waals surface area contributed by atoms with Crippen LogP contribution in [-0.4, -0.2) is 70.4 Å². The summed E-state index contributed by atoms with van der Waals surface area (Å²) in [5.41, 5.74) is 0.971. The molecule has 30 heavy (non-hydrogen) atoms. The predicted octanol–water partition coefficient (Wildman–Crippen LogP) is 2.62. The molecule has 0 amide bonds. The van der Waals surface area contributed by atoms with Gasteiger partial charge in [0, 0.05) is 51.5 Å². The van der Waals surface area contributed by atoms with Crippen LogP contribution in [0.25, 0.3) is 0 Å². The second kappa shape index (κ2) is 11.7. The lowest BCUT2D eigenvalue weighted by atomic mass is 10.1. The first kappa shape index (κ1) is 23.8. The molecule has 1 aliphatic heterocycles. The van der Waals surface area contributed by atoms with Gasteiger partial charge in [-0.2, -0.15) is 0 Å². The summed E-state index contributed by atoms with van der Waals surface area (Å²) in [6.07, 6.45) is 1.83. The molecule has 9 heteroatoms. The molecule has 0 radical (unpaired) electrons. The third kappa shape index (κ3) is 5.38. The Morgan fingerprint density at radius 3 is 2.30 bits per heavy atom. The molecule has 3 rings (SSSR count). The third-order valence-electron chi connectivity index (χ3n) is 4.99. The van der Waals surface area contributed by atoms with E-state index in [-0.39, 0.29) is 24.0 Å². The van der Waals surface area contributed by atoms with E-state index in [1.807, 2.05) is 36.5 Å². The van der Waals surface area contributed by atoms with Crippen LogP contribution in [-0.2, 0) is 6.54 Å². The average Bonchev–Trinajstić information content (AvgIpc) is 2.79. The van der Waals surface area contributed by atoms with Crippen molar-refractivity contribution in [1.29, 1.82) is 0 Å². The monoisotopic (exact) mass is 527 g/mol. The summed E-state index contributed by atoms with van der Waals surface area (Å²) in [5, 5.41) is 3.44. The van der Waals surface area contributed by atoms with Crippen LogP contribution in [0.5, 0.6) is 17.2 Å². The zero-order chi connectivity index (χ0) is 20.6. The highest BCUT2D eigenvalue weighted by Crippen LogP contribution is 2.39. The van der Waals surface area contributed by atoms with Gasteiger partial charge in [0.1, 0.15) is 5.82 Å². The maximum Gasteiger partial charge on any atom is 0.203 e. The van der Waals surface area contributed by atoms with Crippen molar-refractivity contribution in [3.05, 3.63) is 42.1 Å². The number of methoxy groups -OCH3 is 3. The number of halogens is 1. The average molecular weight is 527 g/mol. The maximum absolute atomic E-state index is 5.57. The van der Waals surface area contributed by atoms with Crippen LogP contribution in [0.1, 0.15) is 5.56 Å². The Kier molecular flexibility index (Phi) is 9.28. The topological polar surface area (TPSA) is 71.5 Å². The van der Waals surface area contributed by atoms with E-state index in [2.05, 4.69) is 25.1 Å². The van der Waals surface area contributed by atoms with Gasteiger partial charge in [-0.1, -0.05) is 6.07 Å². The van der Waals surface area contributed by atoms with Crippen molar-refractivity contribution in [3.63, 3.8) is 0 Å². The van der Waals surface area contributed by atoms with Crippen molar-refractivity contribution in [2.75, 3.05) is 59.5 Å². The molecular weight excluding hydrogens is 497 g/mol. The van der Waals surface area contributed by atoms with E-state index in [4.69, 9.17) is 14.2 Å². The fraction of sp³-hybridized carbons (Fsp3) is 0.429. The van der Waals surface area contributed by atoms with Crippen LogP contribution in [0.4, 0.5) is 5.82 Å². The van der Waals surface area contributed by atoms with Gasteiger partial charge in [0.25, 0.3) is 0 Å². The van der Waals surface area contributed by atoms with Crippen LogP contribution >= 0.6 is 24.0 Å². The molecule has 8 nitrogen and oxygen atoms in total. The lowest BCUT2D eigenvalue weighted by Crippen LogP contribution is -2.52. The highest BCUT2D eigenvalue weighted by molar-refractivity contribution is 14.0. The second-order valence-electron chi connectivity index (χ2n) is 6.56. The number of guanidine groups is 1. The van der Waals surface area contributed by atoms with Crippen molar-refractivity contribution >= 4 is 35.8 Å². The van der Waals surface area contributed by atoms with E-state index in [0.717, 1.165) is 43.5 Å². The molecule has 2 heterocycles. The van der Waals surface area contributed by atoms with Crippen LogP contribution in [0.15, 0.2) is 41.5 Å². The summed E-state index contributed by atoms with van der Waals surface area (Å²) in [7, 11) is 6.66. The summed E-state index contributed by atoms with van der Waals surface area (Å²) in [5.74, 6) is 3.78.